The summed E-state index contributed by atoms with van der Waals surface area (Å²) in [6, 6.07) is 4.84. The maximum Gasteiger partial charge on any atom is 0.224 e. The zero-order chi connectivity index (χ0) is 14.1. The van der Waals surface area contributed by atoms with E-state index in [1.54, 1.807) is 12.1 Å². The Kier molecular flexibility index (Phi) is 7.34. The fourth-order valence-corrected chi connectivity index (χ4v) is 2.07. The van der Waals surface area contributed by atoms with Crippen LogP contribution in [0.25, 0.3) is 0 Å². The highest BCUT2D eigenvalue weighted by Crippen LogP contribution is 2.23. The van der Waals surface area contributed by atoms with E-state index in [2.05, 4.69) is 12.2 Å². The van der Waals surface area contributed by atoms with Crippen LogP contribution in [0.3, 0.4) is 0 Å². The predicted molar refractivity (Wildman–Crippen MR) is 78.6 cm³/mol. The quantitative estimate of drug-likeness (QED) is 0.715. The van der Waals surface area contributed by atoms with Gasteiger partial charge in [0.2, 0.25) is 5.91 Å². The van der Waals surface area contributed by atoms with E-state index in [4.69, 9.17) is 11.6 Å². The molecule has 1 aromatic rings. The molecule has 0 heterocycles. The van der Waals surface area contributed by atoms with Gasteiger partial charge in [-0.05, 0) is 24.1 Å². The Morgan fingerprint density at radius 2 is 2.00 bits per heavy atom. The van der Waals surface area contributed by atoms with Crippen LogP contribution in [0.2, 0.25) is 5.02 Å². The highest BCUT2D eigenvalue weighted by atomic mass is 35.5. The average Bonchev–Trinajstić information content (AvgIpc) is 2.38. The van der Waals surface area contributed by atoms with Crippen LogP contribution in [-0.4, -0.2) is 17.6 Å². The van der Waals surface area contributed by atoms with Crippen LogP contribution in [-0.2, 0) is 11.2 Å². The van der Waals surface area contributed by atoms with E-state index in [1.165, 1.54) is 31.7 Å². The molecular weight excluding hydrogens is 262 g/mol. The smallest absolute Gasteiger partial charge is 0.224 e. The molecule has 0 aliphatic heterocycles. The molecular formula is C15H22ClNO2. The molecule has 1 rings (SSSR count). The van der Waals surface area contributed by atoms with Crippen molar-refractivity contribution in [3.8, 4) is 5.75 Å². The molecule has 0 spiro atoms. The molecule has 0 saturated heterocycles. The summed E-state index contributed by atoms with van der Waals surface area (Å²) in [7, 11) is 0. The van der Waals surface area contributed by atoms with E-state index in [9.17, 15) is 9.90 Å². The van der Waals surface area contributed by atoms with Gasteiger partial charge in [0.1, 0.15) is 5.75 Å². The van der Waals surface area contributed by atoms with E-state index >= 15 is 0 Å². The molecule has 4 heteroatoms. The fourth-order valence-electron chi connectivity index (χ4n) is 1.86. The predicted octanol–water partition coefficient (Wildman–Crippen LogP) is 3.67. The standard InChI is InChI=1S/C15H22ClNO2/c1-2-3-4-5-6-9-17-15(19)11-12-7-8-14(18)13(16)10-12/h7-8,10,18H,2-6,9,11H2,1H3,(H,17,19). The van der Waals surface area contributed by atoms with Crippen LogP contribution in [0.5, 0.6) is 5.75 Å². The van der Waals surface area contributed by atoms with Gasteiger partial charge in [0.15, 0.2) is 0 Å². The van der Waals surface area contributed by atoms with E-state index in [1.807, 2.05) is 0 Å². The van der Waals surface area contributed by atoms with Gasteiger partial charge in [-0.25, -0.2) is 0 Å². The normalized spacial score (nSPS) is 10.4. The van der Waals surface area contributed by atoms with E-state index in [-0.39, 0.29) is 16.7 Å². The SMILES string of the molecule is CCCCCCCNC(=O)Cc1ccc(O)c(Cl)c1. The number of benzene rings is 1. The summed E-state index contributed by atoms with van der Waals surface area (Å²) in [6.07, 6.45) is 6.23. The van der Waals surface area contributed by atoms with Crippen molar-refractivity contribution >= 4 is 17.5 Å². The van der Waals surface area contributed by atoms with Crippen molar-refractivity contribution in [2.45, 2.75) is 45.4 Å². The first-order valence-corrected chi connectivity index (χ1v) is 7.25. The first-order valence-electron chi connectivity index (χ1n) is 6.87. The van der Waals surface area contributed by atoms with Crippen molar-refractivity contribution in [3.05, 3.63) is 28.8 Å². The molecule has 0 radical (unpaired) electrons. The number of aromatic hydroxyl groups is 1. The lowest BCUT2D eigenvalue weighted by atomic mass is 10.1. The minimum atomic E-state index is -0.00255. The molecule has 0 unspecified atom stereocenters. The Morgan fingerprint density at radius 3 is 2.68 bits per heavy atom. The van der Waals surface area contributed by atoms with Crippen molar-refractivity contribution in [3.63, 3.8) is 0 Å². The minimum absolute atomic E-state index is 0.00255. The molecule has 0 aliphatic carbocycles. The van der Waals surface area contributed by atoms with Crippen molar-refractivity contribution in [2.24, 2.45) is 0 Å². The van der Waals surface area contributed by atoms with Crippen LogP contribution >= 0.6 is 11.6 Å². The van der Waals surface area contributed by atoms with Crippen LogP contribution in [0.1, 0.15) is 44.6 Å². The van der Waals surface area contributed by atoms with Crippen LogP contribution in [0.4, 0.5) is 0 Å². The second-order valence-electron chi connectivity index (χ2n) is 4.73. The minimum Gasteiger partial charge on any atom is -0.506 e. The average molecular weight is 284 g/mol. The Hall–Kier alpha value is -1.22. The number of rotatable bonds is 8. The van der Waals surface area contributed by atoms with Crippen LogP contribution in [0.15, 0.2) is 18.2 Å². The number of hydrogen-bond donors (Lipinski definition) is 2. The molecule has 2 N–H and O–H groups in total. The van der Waals surface area contributed by atoms with Crippen molar-refractivity contribution in [2.75, 3.05) is 6.54 Å². The first kappa shape index (κ1) is 15.8. The maximum absolute atomic E-state index is 11.7. The van der Waals surface area contributed by atoms with Gasteiger partial charge >= 0.3 is 0 Å². The molecule has 3 nitrogen and oxygen atoms in total. The Balaban J connectivity index is 2.21. The summed E-state index contributed by atoms with van der Waals surface area (Å²) in [5.41, 5.74) is 0.811. The molecule has 0 atom stereocenters. The van der Waals surface area contributed by atoms with Crippen LogP contribution < -0.4 is 5.32 Å². The van der Waals surface area contributed by atoms with Gasteiger partial charge in [0.25, 0.3) is 0 Å². The van der Waals surface area contributed by atoms with Crippen LogP contribution in [0, 0.1) is 0 Å². The summed E-state index contributed by atoms with van der Waals surface area (Å²) in [6.45, 7) is 2.92. The molecule has 1 aromatic carbocycles. The molecule has 0 fully saturated rings. The number of halogens is 1. The molecule has 0 aliphatic rings. The van der Waals surface area contributed by atoms with E-state index < -0.39 is 0 Å². The Bertz CT molecular complexity index is 407. The Labute approximate surface area is 120 Å². The Morgan fingerprint density at radius 1 is 1.26 bits per heavy atom. The number of phenols is 1. The second kappa shape index (κ2) is 8.81. The van der Waals surface area contributed by atoms with E-state index in [0.29, 0.717) is 6.42 Å². The van der Waals surface area contributed by atoms with Gasteiger partial charge in [0.05, 0.1) is 11.4 Å². The fraction of sp³-hybridized carbons (Fsp3) is 0.533. The third kappa shape index (κ3) is 6.48. The van der Waals surface area contributed by atoms with Gasteiger partial charge in [0, 0.05) is 6.54 Å². The number of carbonyl (C=O) groups is 1. The highest BCUT2D eigenvalue weighted by molar-refractivity contribution is 6.32. The second-order valence-corrected chi connectivity index (χ2v) is 5.13. The zero-order valence-corrected chi connectivity index (χ0v) is 12.2. The number of amides is 1. The lowest BCUT2D eigenvalue weighted by molar-refractivity contribution is -0.120. The molecule has 0 bridgehead atoms. The first-order chi connectivity index (χ1) is 9.13. The summed E-state index contributed by atoms with van der Waals surface area (Å²) in [5.74, 6) is 0.0407. The van der Waals surface area contributed by atoms with Gasteiger partial charge in [-0.15, -0.1) is 0 Å². The lowest BCUT2D eigenvalue weighted by Crippen LogP contribution is -2.26. The number of nitrogens with one attached hydrogen (secondary N) is 1. The number of unbranched alkanes of at least 4 members (excludes halogenated alkanes) is 4. The van der Waals surface area contributed by atoms with E-state index in [0.717, 1.165) is 18.5 Å². The number of hydrogen-bond acceptors (Lipinski definition) is 2. The summed E-state index contributed by atoms with van der Waals surface area (Å²) < 4.78 is 0. The van der Waals surface area contributed by atoms with Crippen molar-refractivity contribution in [1.82, 2.24) is 5.32 Å². The zero-order valence-electron chi connectivity index (χ0n) is 11.4. The largest absolute Gasteiger partial charge is 0.506 e. The summed E-state index contributed by atoms with van der Waals surface area (Å²) >= 11 is 5.79. The molecule has 19 heavy (non-hydrogen) atoms. The van der Waals surface area contributed by atoms with Crippen molar-refractivity contribution in [1.29, 1.82) is 0 Å². The topological polar surface area (TPSA) is 49.3 Å². The van der Waals surface area contributed by atoms with Crippen molar-refractivity contribution < 1.29 is 9.90 Å². The van der Waals surface area contributed by atoms with Gasteiger partial charge < -0.3 is 10.4 Å². The molecule has 106 valence electrons. The highest BCUT2D eigenvalue weighted by Gasteiger charge is 2.05. The molecule has 0 aromatic heterocycles. The number of phenolic OH excluding ortho intramolecular Hbond substituents is 1. The summed E-state index contributed by atoms with van der Waals surface area (Å²) in [4.78, 5) is 11.7. The molecule has 0 saturated carbocycles. The monoisotopic (exact) mass is 283 g/mol. The van der Waals surface area contributed by atoms with Gasteiger partial charge in [-0.3, -0.25) is 4.79 Å². The maximum atomic E-state index is 11.7. The third-order valence-corrected chi connectivity index (χ3v) is 3.28. The lowest BCUT2D eigenvalue weighted by Gasteiger charge is -2.06. The third-order valence-electron chi connectivity index (χ3n) is 2.98. The number of carbonyl (C=O) groups excluding carboxylic acids is 1. The summed E-state index contributed by atoms with van der Waals surface area (Å²) in [5, 5.41) is 12.5. The van der Waals surface area contributed by atoms with Gasteiger partial charge in [-0.2, -0.15) is 0 Å². The molecule has 1 amide bonds. The van der Waals surface area contributed by atoms with Gasteiger partial charge in [-0.1, -0.05) is 50.3 Å².